The van der Waals surface area contributed by atoms with Crippen molar-refractivity contribution in [1.29, 1.82) is 0 Å². The Balaban J connectivity index is 0.828. The molecule has 79 heavy (non-hydrogen) atoms. The number of methoxy groups -OCH3 is 2. The Bertz CT molecular complexity index is 2920. The lowest BCUT2D eigenvalue weighted by Crippen LogP contribution is -2.53. The smallest absolute Gasteiger partial charge is 0.407 e. The fraction of sp³-hybridized carbons (Fsp3) is 0.607. The van der Waals surface area contributed by atoms with Crippen LogP contribution in [0.4, 0.5) is 29.7 Å². The lowest BCUT2D eigenvalue weighted by molar-refractivity contribution is -0.139. The van der Waals surface area contributed by atoms with E-state index in [1.165, 1.54) is 26.4 Å². The van der Waals surface area contributed by atoms with Gasteiger partial charge in [-0.15, -0.1) is 0 Å². The maximum atomic E-state index is 16.7. The Morgan fingerprint density at radius 2 is 1.01 bits per heavy atom. The van der Waals surface area contributed by atoms with Crippen LogP contribution in [0.5, 0.6) is 0 Å². The molecular weight excluding hydrogens is 1010 g/mol. The van der Waals surface area contributed by atoms with E-state index in [9.17, 15) is 19.2 Å². The second kappa shape index (κ2) is 21.5. The van der Waals surface area contributed by atoms with Crippen LogP contribution in [0.1, 0.15) is 182 Å². The number of aromatic nitrogens is 4. The molecule has 4 aliphatic heterocycles. The van der Waals surface area contributed by atoms with Gasteiger partial charge in [-0.25, -0.2) is 28.3 Å². The molecule has 13 rings (SSSR count). The number of nitrogens with one attached hydrogen (secondary N) is 4. The number of amides is 4. The first kappa shape index (κ1) is 51.9. The van der Waals surface area contributed by atoms with Crippen molar-refractivity contribution in [3.05, 3.63) is 82.9 Å². The van der Waals surface area contributed by atoms with E-state index in [1.807, 2.05) is 26.8 Å². The van der Waals surface area contributed by atoms with Gasteiger partial charge in [-0.3, -0.25) is 9.59 Å². The first-order chi connectivity index (χ1) is 38.5. The predicted molar refractivity (Wildman–Crippen MR) is 295 cm³/mol. The zero-order valence-corrected chi connectivity index (χ0v) is 45.7. The van der Waals surface area contributed by atoms with Crippen LogP contribution < -0.4 is 20.4 Å². The number of nitrogens with zero attached hydrogens (tertiary/aromatic N) is 6. The lowest BCUT2D eigenvalue weighted by Gasteiger charge is -2.35. The first-order valence-corrected chi connectivity index (χ1v) is 29.9. The van der Waals surface area contributed by atoms with E-state index >= 15 is 8.78 Å². The summed E-state index contributed by atoms with van der Waals surface area (Å²) in [6.45, 7) is 1.22. The third-order valence-corrected chi connectivity index (χ3v) is 20.2. The summed E-state index contributed by atoms with van der Waals surface area (Å²) in [5, 5.41) is 5.89. The highest BCUT2D eigenvalue weighted by Crippen LogP contribution is 2.52. The molecule has 1 unspecified atom stereocenters. The Hall–Kier alpha value is -6.46. The molecule has 4 aliphatic carbocycles. The van der Waals surface area contributed by atoms with Crippen LogP contribution in [0.3, 0.4) is 0 Å². The fourth-order valence-corrected chi connectivity index (χ4v) is 16.5. The summed E-state index contributed by atoms with van der Waals surface area (Å²) in [6.07, 6.45) is 18.3. The molecule has 6 heterocycles. The summed E-state index contributed by atoms with van der Waals surface area (Å²) in [7, 11) is 2.67. The molecule has 3 aromatic carbocycles. The number of carbonyl (C=O) groups excluding carboxylic acids is 4. The molecule has 18 heteroatoms. The van der Waals surface area contributed by atoms with Gasteiger partial charge >= 0.3 is 12.2 Å². The van der Waals surface area contributed by atoms with Crippen molar-refractivity contribution in [3.8, 4) is 0 Å². The Morgan fingerprint density at radius 3 is 1.46 bits per heavy atom. The number of imidazole rings is 2. The molecule has 4 N–H and O–H groups in total. The quantitative estimate of drug-likeness (QED) is 0.0939. The van der Waals surface area contributed by atoms with E-state index in [2.05, 4.69) is 49.8 Å². The average molecular weight is 1080 g/mol. The molecule has 4 saturated carbocycles. The molecule has 0 bridgehead atoms. The molecule has 5 aromatic rings. The second-order valence-electron chi connectivity index (χ2n) is 24.4. The van der Waals surface area contributed by atoms with Gasteiger partial charge in [0.1, 0.15) is 29.4 Å². The third kappa shape index (κ3) is 9.53. The number of ether oxygens (including phenoxy) is 2. The van der Waals surface area contributed by atoms with Gasteiger partial charge in [0.05, 0.1) is 60.5 Å². The molecule has 4 amide bonds. The van der Waals surface area contributed by atoms with E-state index in [0.717, 1.165) is 167 Å². The van der Waals surface area contributed by atoms with E-state index in [4.69, 9.17) is 19.4 Å². The number of anilines is 2. The van der Waals surface area contributed by atoms with Gasteiger partial charge in [-0.1, -0.05) is 50.7 Å². The maximum absolute atomic E-state index is 16.7. The number of piperidine rings is 1. The van der Waals surface area contributed by atoms with Crippen molar-refractivity contribution in [2.45, 2.75) is 183 Å². The molecule has 10 atom stereocenters. The maximum Gasteiger partial charge on any atom is 0.407 e. The number of alkyl carbamates (subject to hydrolysis) is 2. The summed E-state index contributed by atoms with van der Waals surface area (Å²) in [6, 6.07) is 13.2. The van der Waals surface area contributed by atoms with Crippen LogP contribution >= 0.6 is 0 Å². The van der Waals surface area contributed by atoms with Gasteiger partial charge in [0, 0.05) is 30.9 Å². The highest BCUT2D eigenvalue weighted by atomic mass is 19.1. The normalized spacial score (nSPS) is 28.0. The van der Waals surface area contributed by atoms with Gasteiger partial charge in [0.2, 0.25) is 11.8 Å². The van der Waals surface area contributed by atoms with Gasteiger partial charge in [0.15, 0.2) is 11.6 Å². The number of hydrogen-bond donors (Lipinski definition) is 4. The number of H-pyrrole nitrogens is 2. The van der Waals surface area contributed by atoms with Crippen molar-refractivity contribution in [2.24, 2.45) is 23.7 Å². The summed E-state index contributed by atoms with van der Waals surface area (Å²) < 4.78 is 43.4. The lowest BCUT2D eigenvalue weighted by atomic mass is 9.96. The highest BCUT2D eigenvalue weighted by molar-refractivity contribution is 5.88. The van der Waals surface area contributed by atoms with Gasteiger partial charge < -0.3 is 49.7 Å². The number of rotatable bonds is 12. The standard InChI is InChI=1S/C61H76F2N10O6/c1-78-60(76)68-53(34-12-4-5-13-34)58(74)72-47-18-10-16-36(47)30-51(72)56-64-43-22-20-38(28-45(43)66-56)49-24-25-50(71(49)40-32-41(62)55(42(63)33-40)70-26-8-3-9-27-70)39-21-23-44-46(29-39)67-57(65-44)52-31-37-17-11-19-48(37)73(52)59(75)54(69-61(77)79-2)35-14-6-7-15-35/h20-23,28-29,32-37,47-54H,3-19,24-27,30-31H2,1-2H3,(H,64,66)(H,65,67)(H,68,76)(H,69,77)/t36-,37-,47-,48-,49+,50+,51-,52-,53-,54?/m0/s1. The largest absolute Gasteiger partial charge is 0.453 e. The molecule has 16 nitrogen and oxygen atoms in total. The minimum absolute atomic E-state index is 0.0343. The monoisotopic (exact) mass is 1080 g/mol. The molecule has 8 aliphatic rings. The number of aromatic amines is 2. The van der Waals surface area contributed by atoms with Gasteiger partial charge in [-0.2, -0.15) is 0 Å². The molecule has 0 radical (unpaired) electrons. The van der Waals surface area contributed by atoms with Crippen molar-refractivity contribution >= 4 is 57.4 Å². The van der Waals surface area contributed by atoms with Crippen molar-refractivity contribution in [1.82, 2.24) is 40.4 Å². The van der Waals surface area contributed by atoms with E-state index in [1.54, 1.807) is 0 Å². The Morgan fingerprint density at radius 1 is 0.557 bits per heavy atom. The van der Waals surface area contributed by atoms with Crippen LogP contribution in [0.25, 0.3) is 22.1 Å². The second-order valence-corrected chi connectivity index (χ2v) is 24.4. The third-order valence-electron chi connectivity index (χ3n) is 20.2. The number of fused-ring (bicyclic) bond motifs is 4. The minimum Gasteiger partial charge on any atom is -0.453 e. The number of carbonyl (C=O) groups is 4. The number of benzene rings is 3. The van der Waals surface area contributed by atoms with Crippen molar-refractivity contribution in [3.63, 3.8) is 0 Å². The number of halogens is 2. The first-order valence-electron chi connectivity index (χ1n) is 29.9. The zero-order valence-electron chi connectivity index (χ0n) is 45.7. The summed E-state index contributed by atoms with van der Waals surface area (Å²) in [5.74, 6) is 0.969. The van der Waals surface area contributed by atoms with Crippen LogP contribution in [-0.4, -0.2) is 105 Å². The van der Waals surface area contributed by atoms with E-state index < -0.39 is 35.9 Å². The van der Waals surface area contributed by atoms with E-state index in [-0.39, 0.29) is 65.6 Å². The van der Waals surface area contributed by atoms with Crippen molar-refractivity contribution in [2.75, 3.05) is 37.1 Å². The van der Waals surface area contributed by atoms with Crippen LogP contribution in [-0.2, 0) is 19.1 Å². The predicted octanol–water partition coefficient (Wildman–Crippen LogP) is 11.5. The fourth-order valence-electron chi connectivity index (χ4n) is 16.5. The minimum atomic E-state index is -0.668. The SMILES string of the molecule is COC(=O)NC(C(=O)N1[C@H](c2nc3ccc([C@H]4CC[C@H](c5ccc6nc([C@@H]7C[C@@H]8CCC[C@@H]8N7C(=O)[C@@H](NC(=O)OC)C7CCCC7)[nH]c6c5)N4c4cc(F)c(N5CCCCC5)c(F)c4)cc3[nH]2)C[C@@H]2CCC[C@@H]21)C1CCCC1. The van der Waals surface area contributed by atoms with Gasteiger partial charge in [-0.05, 0) is 168 Å². The van der Waals surface area contributed by atoms with Crippen molar-refractivity contribution < 1.29 is 37.4 Å². The molecule has 8 fully saturated rings. The van der Waals surface area contributed by atoms with Crippen LogP contribution in [0.2, 0.25) is 0 Å². The Kier molecular flexibility index (Phi) is 14.2. The molecule has 420 valence electrons. The summed E-state index contributed by atoms with van der Waals surface area (Å²) in [5.41, 5.74) is 5.64. The number of hydrogen-bond acceptors (Lipinski definition) is 10. The van der Waals surface area contributed by atoms with Gasteiger partial charge in [0.25, 0.3) is 0 Å². The topological polar surface area (TPSA) is 181 Å². The molecule has 2 aromatic heterocycles. The average Bonchev–Trinajstić information content (AvgIpc) is 4.51. The highest BCUT2D eigenvalue weighted by Gasteiger charge is 2.52. The van der Waals surface area contributed by atoms with Crippen LogP contribution in [0.15, 0.2) is 48.5 Å². The van der Waals surface area contributed by atoms with Crippen LogP contribution in [0, 0.1) is 35.3 Å². The summed E-state index contributed by atoms with van der Waals surface area (Å²) >= 11 is 0. The molecular formula is C61H76F2N10O6. The molecule has 4 saturated heterocycles. The molecule has 0 spiro atoms. The summed E-state index contributed by atoms with van der Waals surface area (Å²) in [4.78, 5) is 80.9. The Labute approximate surface area is 460 Å². The zero-order chi connectivity index (χ0) is 54.1. The van der Waals surface area contributed by atoms with E-state index in [0.29, 0.717) is 43.5 Å². The number of likely N-dealkylation sites (tertiary alicyclic amines) is 2.